The molecule has 0 amide bonds. The van der Waals surface area contributed by atoms with Crippen LogP contribution in [0, 0.1) is 0 Å². The van der Waals surface area contributed by atoms with E-state index in [1.165, 1.54) is 29.5 Å². The molecule has 1 heterocycles. The van der Waals surface area contributed by atoms with Crippen molar-refractivity contribution in [2.75, 3.05) is 40.9 Å². The van der Waals surface area contributed by atoms with Crippen LogP contribution in [0.1, 0.15) is 35.6 Å². The van der Waals surface area contributed by atoms with E-state index in [4.69, 9.17) is 9.47 Å². The van der Waals surface area contributed by atoms with Gasteiger partial charge in [-0.05, 0) is 54.8 Å². The first-order valence-electron chi connectivity index (χ1n) is 10.6. The lowest BCUT2D eigenvalue weighted by Gasteiger charge is -2.29. The number of guanidine groups is 1. The second-order valence-corrected chi connectivity index (χ2v) is 7.59. The quantitative estimate of drug-likeness (QED) is 0.490. The summed E-state index contributed by atoms with van der Waals surface area (Å²) in [6, 6.07) is 17.1. The van der Waals surface area contributed by atoms with E-state index >= 15 is 0 Å². The molecule has 0 spiro atoms. The number of hydrogen-bond donors (Lipinski definition) is 2. The van der Waals surface area contributed by atoms with E-state index in [0.717, 1.165) is 37.9 Å². The van der Waals surface area contributed by atoms with Gasteiger partial charge in [0.2, 0.25) is 0 Å². The maximum Gasteiger partial charge on any atom is 0.191 e. The van der Waals surface area contributed by atoms with Crippen LogP contribution in [-0.2, 0) is 17.9 Å². The Bertz CT molecular complexity index is 801. The maximum atomic E-state index is 5.44. The molecule has 1 saturated heterocycles. The summed E-state index contributed by atoms with van der Waals surface area (Å²) in [5.41, 5.74) is 3.66. The second kappa shape index (κ2) is 11.6. The predicted molar refractivity (Wildman–Crippen MR) is 122 cm³/mol. The summed E-state index contributed by atoms with van der Waals surface area (Å²) < 4.78 is 10.6. The molecule has 2 N–H and O–H groups in total. The van der Waals surface area contributed by atoms with Gasteiger partial charge in [0.05, 0.1) is 19.8 Å². The van der Waals surface area contributed by atoms with Crippen LogP contribution in [0.2, 0.25) is 0 Å². The van der Waals surface area contributed by atoms with Gasteiger partial charge in [-0.1, -0.05) is 36.4 Å². The van der Waals surface area contributed by atoms with Crippen LogP contribution in [0.4, 0.5) is 0 Å². The average Bonchev–Trinajstić information content (AvgIpc) is 3.32. The van der Waals surface area contributed by atoms with Crippen LogP contribution in [0.25, 0.3) is 0 Å². The first-order chi connectivity index (χ1) is 14.7. The van der Waals surface area contributed by atoms with Gasteiger partial charge in [0.1, 0.15) is 5.75 Å². The largest absolute Gasteiger partial charge is 0.497 e. The van der Waals surface area contributed by atoms with Gasteiger partial charge in [-0.2, -0.15) is 0 Å². The van der Waals surface area contributed by atoms with Gasteiger partial charge in [-0.15, -0.1) is 0 Å². The summed E-state index contributed by atoms with van der Waals surface area (Å²) in [6.07, 6.45) is 2.51. The van der Waals surface area contributed by atoms with E-state index in [9.17, 15) is 0 Å². The molecule has 1 unspecified atom stereocenters. The highest BCUT2D eigenvalue weighted by atomic mass is 16.5. The SMILES string of the molecule is CN=C(NCc1ccc(COC)cc1)NCC(c1cccc(OC)c1)N1CCCC1. The number of nitrogens with one attached hydrogen (secondary N) is 2. The van der Waals surface area contributed by atoms with Crippen LogP contribution in [0.15, 0.2) is 53.5 Å². The number of nitrogens with zero attached hydrogens (tertiary/aromatic N) is 2. The lowest BCUT2D eigenvalue weighted by atomic mass is 10.1. The fourth-order valence-electron chi connectivity index (χ4n) is 3.88. The normalized spacial score (nSPS) is 15.8. The Morgan fingerprint density at radius 2 is 1.77 bits per heavy atom. The number of benzene rings is 2. The first-order valence-corrected chi connectivity index (χ1v) is 10.6. The standard InChI is InChI=1S/C24H34N4O2/c1-25-24(26-16-19-9-11-20(12-10-19)18-29-2)27-17-23(28-13-4-5-14-28)21-7-6-8-22(15-21)30-3/h6-12,15,23H,4-5,13-14,16-18H2,1-3H3,(H2,25,26,27). The molecule has 2 aromatic carbocycles. The van der Waals surface area contributed by atoms with Gasteiger partial charge in [0.15, 0.2) is 5.96 Å². The minimum atomic E-state index is 0.287. The summed E-state index contributed by atoms with van der Waals surface area (Å²) in [7, 11) is 5.25. The smallest absolute Gasteiger partial charge is 0.191 e. The van der Waals surface area contributed by atoms with Crippen molar-refractivity contribution >= 4 is 5.96 Å². The molecular weight excluding hydrogens is 376 g/mol. The molecule has 30 heavy (non-hydrogen) atoms. The van der Waals surface area contributed by atoms with Crippen LogP contribution in [-0.4, -0.2) is 51.8 Å². The molecule has 0 aromatic heterocycles. The number of hydrogen-bond acceptors (Lipinski definition) is 4. The zero-order valence-corrected chi connectivity index (χ0v) is 18.4. The molecule has 1 fully saturated rings. The fraction of sp³-hybridized carbons (Fsp3) is 0.458. The molecule has 3 rings (SSSR count). The third-order valence-corrected chi connectivity index (χ3v) is 5.54. The highest BCUT2D eigenvalue weighted by Crippen LogP contribution is 2.27. The van der Waals surface area contributed by atoms with Crippen molar-refractivity contribution in [3.63, 3.8) is 0 Å². The van der Waals surface area contributed by atoms with Gasteiger partial charge >= 0.3 is 0 Å². The minimum absolute atomic E-state index is 0.287. The summed E-state index contributed by atoms with van der Waals surface area (Å²) in [5, 5.41) is 6.94. The molecule has 1 atom stereocenters. The first kappa shape index (κ1) is 22.1. The molecule has 1 aliphatic heterocycles. The van der Waals surface area contributed by atoms with Crippen molar-refractivity contribution in [3.05, 3.63) is 65.2 Å². The molecule has 0 bridgehead atoms. The van der Waals surface area contributed by atoms with E-state index in [1.807, 2.05) is 13.1 Å². The Morgan fingerprint density at radius 1 is 1.03 bits per heavy atom. The van der Waals surface area contributed by atoms with E-state index < -0.39 is 0 Å². The Kier molecular flexibility index (Phi) is 8.53. The van der Waals surface area contributed by atoms with Crippen molar-refractivity contribution in [1.82, 2.24) is 15.5 Å². The molecule has 6 nitrogen and oxygen atoms in total. The molecule has 2 aromatic rings. The third-order valence-electron chi connectivity index (χ3n) is 5.54. The van der Waals surface area contributed by atoms with Crippen LogP contribution in [0.3, 0.4) is 0 Å². The molecule has 1 aliphatic rings. The van der Waals surface area contributed by atoms with Gasteiger partial charge < -0.3 is 20.1 Å². The Hall–Kier alpha value is -2.57. The molecule has 6 heteroatoms. The number of ether oxygens (including phenoxy) is 2. The van der Waals surface area contributed by atoms with Crippen LogP contribution < -0.4 is 15.4 Å². The average molecular weight is 411 g/mol. The summed E-state index contributed by atoms with van der Waals surface area (Å²) in [5.74, 6) is 1.71. The van der Waals surface area contributed by atoms with Gasteiger partial charge in [-0.25, -0.2) is 0 Å². The molecular formula is C24H34N4O2. The van der Waals surface area contributed by atoms with Crippen molar-refractivity contribution in [3.8, 4) is 5.75 Å². The van der Waals surface area contributed by atoms with Crippen molar-refractivity contribution < 1.29 is 9.47 Å². The number of rotatable bonds is 9. The zero-order valence-electron chi connectivity index (χ0n) is 18.4. The Balaban J connectivity index is 1.60. The summed E-state index contributed by atoms with van der Waals surface area (Å²) in [6.45, 7) is 4.41. The highest BCUT2D eigenvalue weighted by Gasteiger charge is 2.24. The zero-order chi connectivity index (χ0) is 21.2. The van der Waals surface area contributed by atoms with Gasteiger partial charge in [-0.3, -0.25) is 9.89 Å². The second-order valence-electron chi connectivity index (χ2n) is 7.59. The monoisotopic (exact) mass is 410 g/mol. The van der Waals surface area contributed by atoms with Crippen LogP contribution >= 0.6 is 0 Å². The molecule has 162 valence electrons. The number of aliphatic imine (C=N–C) groups is 1. The topological polar surface area (TPSA) is 58.1 Å². The predicted octanol–water partition coefficient (Wildman–Crippen LogP) is 3.34. The van der Waals surface area contributed by atoms with Crippen LogP contribution in [0.5, 0.6) is 5.75 Å². The van der Waals surface area contributed by atoms with E-state index in [0.29, 0.717) is 6.61 Å². The maximum absolute atomic E-state index is 5.44. The van der Waals surface area contributed by atoms with Crippen molar-refractivity contribution in [2.45, 2.75) is 32.0 Å². The number of methoxy groups -OCH3 is 2. The Morgan fingerprint density at radius 3 is 2.43 bits per heavy atom. The van der Waals surface area contributed by atoms with E-state index in [1.54, 1.807) is 14.2 Å². The molecule has 0 saturated carbocycles. The highest BCUT2D eigenvalue weighted by molar-refractivity contribution is 5.79. The van der Waals surface area contributed by atoms with Gasteiger partial charge in [0, 0.05) is 27.2 Å². The van der Waals surface area contributed by atoms with Crippen molar-refractivity contribution in [1.29, 1.82) is 0 Å². The summed E-state index contributed by atoms with van der Waals surface area (Å²) >= 11 is 0. The lowest BCUT2D eigenvalue weighted by molar-refractivity contribution is 0.185. The van der Waals surface area contributed by atoms with Gasteiger partial charge in [0.25, 0.3) is 0 Å². The number of likely N-dealkylation sites (tertiary alicyclic amines) is 1. The molecule has 0 radical (unpaired) electrons. The fourth-order valence-corrected chi connectivity index (χ4v) is 3.88. The minimum Gasteiger partial charge on any atom is -0.497 e. The third kappa shape index (κ3) is 6.21. The Labute approximate surface area is 180 Å². The van der Waals surface area contributed by atoms with E-state index in [-0.39, 0.29) is 6.04 Å². The van der Waals surface area contributed by atoms with Crippen molar-refractivity contribution in [2.24, 2.45) is 4.99 Å². The van der Waals surface area contributed by atoms with E-state index in [2.05, 4.69) is 63.0 Å². The lowest BCUT2D eigenvalue weighted by Crippen LogP contribution is -2.42. The summed E-state index contributed by atoms with van der Waals surface area (Å²) in [4.78, 5) is 6.95. The molecule has 0 aliphatic carbocycles.